The molecule has 0 spiro atoms. The summed E-state index contributed by atoms with van der Waals surface area (Å²) < 4.78 is 21.2. The number of ether oxygens (including phenoxy) is 3. The van der Waals surface area contributed by atoms with Crippen LogP contribution in [0.25, 0.3) is 0 Å². The molecule has 0 aliphatic carbocycles. The minimum Gasteiger partial charge on any atom is -0.497 e. The van der Waals surface area contributed by atoms with Gasteiger partial charge in [0.1, 0.15) is 18.1 Å². The Kier molecular flexibility index (Phi) is 5.55. The van der Waals surface area contributed by atoms with Crippen LogP contribution in [-0.2, 0) is 11.3 Å². The molecule has 1 aromatic heterocycles. The molecule has 1 aromatic carbocycles. The molecule has 0 radical (unpaired) electrons. The Morgan fingerprint density at radius 1 is 1.32 bits per heavy atom. The first-order valence-corrected chi connectivity index (χ1v) is 8.20. The molecule has 0 saturated carbocycles. The van der Waals surface area contributed by atoms with Crippen molar-refractivity contribution in [3.8, 4) is 11.5 Å². The van der Waals surface area contributed by atoms with Crippen LogP contribution in [0.3, 0.4) is 0 Å². The highest BCUT2D eigenvalue weighted by molar-refractivity contribution is 5.92. The summed E-state index contributed by atoms with van der Waals surface area (Å²) in [6, 6.07) is 8.91. The van der Waals surface area contributed by atoms with Crippen LogP contribution in [-0.4, -0.2) is 49.9 Å². The van der Waals surface area contributed by atoms with E-state index in [-0.39, 0.29) is 12.5 Å². The van der Waals surface area contributed by atoms with E-state index in [4.69, 9.17) is 18.7 Å². The lowest BCUT2D eigenvalue weighted by atomic mass is 10.1. The SMILES string of the molecule is COC[C@H]1CCN(C(=O)c2cc(COc3cccc(OC)c3)on2)C1. The van der Waals surface area contributed by atoms with Crippen LogP contribution < -0.4 is 9.47 Å². The van der Waals surface area contributed by atoms with Gasteiger partial charge in [-0.3, -0.25) is 4.79 Å². The van der Waals surface area contributed by atoms with Crippen LogP contribution in [0.15, 0.2) is 34.9 Å². The van der Waals surface area contributed by atoms with E-state index >= 15 is 0 Å². The van der Waals surface area contributed by atoms with Crippen molar-refractivity contribution in [2.75, 3.05) is 33.9 Å². The Hall–Kier alpha value is -2.54. The Labute approximate surface area is 146 Å². The molecule has 25 heavy (non-hydrogen) atoms. The number of aromatic nitrogens is 1. The number of amides is 1. The van der Waals surface area contributed by atoms with Crippen molar-refractivity contribution in [3.63, 3.8) is 0 Å². The molecule has 1 aliphatic rings. The molecule has 1 fully saturated rings. The van der Waals surface area contributed by atoms with Gasteiger partial charge < -0.3 is 23.6 Å². The molecule has 7 heteroatoms. The van der Waals surface area contributed by atoms with Gasteiger partial charge in [0.2, 0.25) is 0 Å². The van der Waals surface area contributed by atoms with Crippen LogP contribution in [0.5, 0.6) is 11.5 Å². The highest BCUT2D eigenvalue weighted by atomic mass is 16.5. The molecule has 2 aromatic rings. The topological polar surface area (TPSA) is 74.0 Å². The van der Waals surface area contributed by atoms with Crippen molar-refractivity contribution in [2.24, 2.45) is 5.92 Å². The van der Waals surface area contributed by atoms with Gasteiger partial charge in [0.25, 0.3) is 5.91 Å². The van der Waals surface area contributed by atoms with E-state index in [0.717, 1.165) is 13.0 Å². The van der Waals surface area contributed by atoms with Gasteiger partial charge >= 0.3 is 0 Å². The highest BCUT2D eigenvalue weighted by Gasteiger charge is 2.28. The monoisotopic (exact) mass is 346 g/mol. The largest absolute Gasteiger partial charge is 0.497 e. The quantitative estimate of drug-likeness (QED) is 0.766. The Morgan fingerprint density at radius 2 is 2.16 bits per heavy atom. The third kappa shape index (κ3) is 4.30. The first kappa shape index (κ1) is 17.3. The van der Waals surface area contributed by atoms with E-state index in [0.29, 0.717) is 42.0 Å². The van der Waals surface area contributed by atoms with Gasteiger partial charge in [-0.05, 0) is 18.6 Å². The smallest absolute Gasteiger partial charge is 0.276 e. The van der Waals surface area contributed by atoms with Crippen molar-refractivity contribution >= 4 is 5.91 Å². The van der Waals surface area contributed by atoms with Crippen LogP contribution >= 0.6 is 0 Å². The molecule has 134 valence electrons. The Morgan fingerprint density at radius 3 is 2.96 bits per heavy atom. The summed E-state index contributed by atoms with van der Waals surface area (Å²) in [6.07, 6.45) is 0.948. The predicted octanol–water partition coefficient (Wildman–Crippen LogP) is 2.37. The second-order valence-electron chi connectivity index (χ2n) is 6.01. The maximum atomic E-state index is 12.5. The van der Waals surface area contributed by atoms with Gasteiger partial charge in [-0.15, -0.1) is 0 Å². The number of hydrogen-bond acceptors (Lipinski definition) is 6. The Bertz CT molecular complexity index is 715. The predicted molar refractivity (Wildman–Crippen MR) is 89.7 cm³/mol. The molecule has 0 bridgehead atoms. The zero-order chi connectivity index (χ0) is 17.6. The fraction of sp³-hybridized carbons (Fsp3) is 0.444. The van der Waals surface area contributed by atoms with Crippen molar-refractivity contribution in [3.05, 3.63) is 41.8 Å². The first-order chi connectivity index (χ1) is 12.2. The molecule has 1 saturated heterocycles. The van der Waals surface area contributed by atoms with Crippen molar-refractivity contribution in [1.82, 2.24) is 10.1 Å². The number of nitrogens with zero attached hydrogens (tertiary/aromatic N) is 2. The molecule has 3 rings (SSSR count). The van der Waals surface area contributed by atoms with Gasteiger partial charge in [0.05, 0.1) is 13.7 Å². The summed E-state index contributed by atoms with van der Waals surface area (Å²) in [4.78, 5) is 14.3. The number of carbonyl (C=O) groups excluding carboxylic acids is 1. The zero-order valence-electron chi connectivity index (χ0n) is 14.4. The van der Waals surface area contributed by atoms with Crippen molar-refractivity contribution < 1.29 is 23.5 Å². The van der Waals surface area contributed by atoms with E-state index in [1.54, 1.807) is 31.3 Å². The molecule has 1 atom stereocenters. The maximum Gasteiger partial charge on any atom is 0.276 e. The lowest BCUT2D eigenvalue weighted by Gasteiger charge is -2.14. The zero-order valence-corrected chi connectivity index (χ0v) is 14.4. The number of rotatable bonds is 7. The second kappa shape index (κ2) is 8.02. The molecular weight excluding hydrogens is 324 g/mol. The molecule has 1 amide bonds. The average molecular weight is 346 g/mol. The molecule has 2 heterocycles. The van der Waals surface area contributed by atoms with E-state index in [1.807, 2.05) is 18.2 Å². The summed E-state index contributed by atoms with van der Waals surface area (Å²) in [6.45, 7) is 2.27. The van der Waals surface area contributed by atoms with E-state index in [2.05, 4.69) is 5.16 Å². The number of carbonyl (C=O) groups is 1. The molecule has 0 unspecified atom stereocenters. The number of likely N-dealkylation sites (tertiary alicyclic amines) is 1. The average Bonchev–Trinajstić information content (AvgIpc) is 3.29. The molecule has 7 nitrogen and oxygen atoms in total. The number of hydrogen-bond donors (Lipinski definition) is 0. The molecular formula is C18H22N2O5. The summed E-state index contributed by atoms with van der Waals surface area (Å²) in [5, 5.41) is 3.88. The van der Waals surface area contributed by atoms with E-state index < -0.39 is 0 Å². The highest BCUT2D eigenvalue weighted by Crippen LogP contribution is 2.21. The van der Waals surface area contributed by atoms with Crippen LogP contribution in [0, 0.1) is 5.92 Å². The fourth-order valence-electron chi connectivity index (χ4n) is 2.88. The summed E-state index contributed by atoms with van der Waals surface area (Å²) >= 11 is 0. The third-order valence-corrected chi connectivity index (χ3v) is 4.18. The minimum atomic E-state index is -0.116. The van der Waals surface area contributed by atoms with Gasteiger partial charge in [-0.1, -0.05) is 11.2 Å². The lowest BCUT2D eigenvalue weighted by molar-refractivity contribution is 0.0765. The third-order valence-electron chi connectivity index (χ3n) is 4.18. The molecule has 1 aliphatic heterocycles. The van der Waals surface area contributed by atoms with E-state index in [9.17, 15) is 4.79 Å². The standard InChI is InChI=1S/C18H22N2O5/c1-22-11-13-6-7-20(10-13)18(21)17-9-16(25-19-17)12-24-15-5-3-4-14(8-15)23-2/h3-5,8-9,13H,6-7,10-12H2,1-2H3/t13-/m0/s1. The van der Waals surface area contributed by atoms with Crippen molar-refractivity contribution in [2.45, 2.75) is 13.0 Å². The fourth-order valence-corrected chi connectivity index (χ4v) is 2.88. The summed E-state index contributed by atoms with van der Waals surface area (Å²) in [7, 11) is 3.28. The van der Waals surface area contributed by atoms with Gasteiger partial charge in [-0.25, -0.2) is 0 Å². The number of benzene rings is 1. The first-order valence-electron chi connectivity index (χ1n) is 8.20. The van der Waals surface area contributed by atoms with Crippen molar-refractivity contribution in [1.29, 1.82) is 0 Å². The van der Waals surface area contributed by atoms with Gasteiger partial charge in [0.15, 0.2) is 11.5 Å². The van der Waals surface area contributed by atoms with Gasteiger partial charge in [-0.2, -0.15) is 0 Å². The molecule has 0 N–H and O–H groups in total. The van der Waals surface area contributed by atoms with E-state index in [1.165, 1.54) is 0 Å². The van der Waals surface area contributed by atoms with Gasteiger partial charge in [0, 0.05) is 38.2 Å². The minimum absolute atomic E-state index is 0.116. The number of methoxy groups -OCH3 is 2. The Balaban J connectivity index is 1.56. The van der Waals surface area contributed by atoms with Crippen LogP contribution in [0.2, 0.25) is 0 Å². The summed E-state index contributed by atoms with van der Waals surface area (Å²) in [5.74, 6) is 2.14. The lowest BCUT2D eigenvalue weighted by Crippen LogP contribution is -2.29. The maximum absolute atomic E-state index is 12.5. The van der Waals surface area contributed by atoms with Crippen LogP contribution in [0.1, 0.15) is 22.7 Å². The normalized spacial score (nSPS) is 16.9. The van der Waals surface area contributed by atoms with Crippen LogP contribution in [0.4, 0.5) is 0 Å². The summed E-state index contributed by atoms with van der Waals surface area (Å²) in [5.41, 5.74) is 0.308. The second-order valence-corrected chi connectivity index (χ2v) is 6.01.